The van der Waals surface area contributed by atoms with Gasteiger partial charge in [0.05, 0.1) is 5.52 Å². The molecule has 4 rings (SSSR count). The molecule has 0 atom stereocenters. The summed E-state index contributed by atoms with van der Waals surface area (Å²) >= 11 is 0. The topological polar surface area (TPSA) is 68.0 Å². The highest BCUT2D eigenvalue weighted by Crippen LogP contribution is 2.31. The molecule has 152 valence electrons. The van der Waals surface area contributed by atoms with Crippen molar-refractivity contribution in [1.82, 2.24) is 14.5 Å². The highest BCUT2D eigenvalue weighted by molar-refractivity contribution is 5.96. The van der Waals surface area contributed by atoms with Crippen molar-refractivity contribution in [3.8, 4) is 16.9 Å². The maximum Gasteiger partial charge on any atom is 0.356 e. The predicted molar refractivity (Wildman–Crippen MR) is 119 cm³/mol. The Morgan fingerprint density at radius 2 is 1.87 bits per heavy atom. The molecule has 2 heterocycles. The van der Waals surface area contributed by atoms with Crippen LogP contribution in [0.2, 0.25) is 0 Å². The standard InChI is InChI=1S/C25H25N3O2/c1-2-3-4-6-9-18-12-13-22-21(14-18)20(19-10-7-5-8-11-19)15-24(27-22)28-16-23(25(29)30)26-17-28/h5,7-8,10-17H,2-4,6,9H2,1H3,(H,29,30). The molecule has 2 aromatic carbocycles. The van der Waals surface area contributed by atoms with Crippen molar-refractivity contribution in [3.05, 3.63) is 78.4 Å². The lowest BCUT2D eigenvalue weighted by Gasteiger charge is -2.12. The zero-order valence-corrected chi connectivity index (χ0v) is 17.1. The minimum Gasteiger partial charge on any atom is -0.476 e. The molecule has 0 amide bonds. The van der Waals surface area contributed by atoms with Gasteiger partial charge in [0.1, 0.15) is 12.1 Å². The van der Waals surface area contributed by atoms with E-state index in [1.54, 1.807) is 4.57 Å². The molecule has 0 radical (unpaired) electrons. The van der Waals surface area contributed by atoms with Gasteiger partial charge in [-0.15, -0.1) is 0 Å². The Bertz CT molecular complexity index is 1170. The number of hydrogen-bond acceptors (Lipinski definition) is 3. The summed E-state index contributed by atoms with van der Waals surface area (Å²) < 4.78 is 1.66. The van der Waals surface area contributed by atoms with E-state index in [2.05, 4.69) is 42.2 Å². The van der Waals surface area contributed by atoms with Crippen molar-refractivity contribution >= 4 is 16.9 Å². The minimum absolute atomic E-state index is 0.000542. The lowest BCUT2D eigenvalue weighted by Crippen LogP contribution is -1.99. The number of unbranched alkanes of at least 4 members (excludes halogenated alkanes) is 3. The quantitative estimate of drug-likeness (QED) is 0.374. The molecule has 0 saturated carbocycles. The first kappa shape index (κ1) is 19.8. The van der Waals surface area contributed by atoms with Gasteiger partial charge in [-0.3, -0.25) is 4.57 Å². The zero-order chi connectivity index (χ0) is 20.9. The van der Waals surface area contributed by atoms with E-state index in [4.69, 9.17) is 4.98 Å². The Hall–Kier alpha value is -3.47. The molecule has 2 aromatic heterocycles. The molecule has 4 aromatic rings. The van der Waals surface area contributed by atoms with Crippen molar-refractivity contribution in [3.63, 3.8) is 0 Å². The van der Waals surface area contributed by atoms with Crippen molar-refractivity contribution < 1.29 is 9.90 Å². The van der Waals surface area contributed by atoms with Crippen LogP contribution in [0.3, 0.4) is 0 Å². The van der Waals surface area contributed by atoms with E-state index in [-0.39, 0.29) is 5.69 Å². The number of nitrogens with zero attached hydrogens (tertiary/aromatic N) is 3. The molecule has 0 unspecified atom stereocenters. The maximum absolute atomic E-state index is 11.2. The number of carboxylic acids is 1. The number of fused-ring (bicyclic) bond motifs is 1. The summed E-state index contributed by atoms with van der Waals surface area (Å²) in [5.74, 6) is -0.400. The van der Waals surface area contributed by atoms with Gasteiger partial charge in [-0.25, -0.2) is 14.8 Å². The molecular weight excluding hydrogens is 374 g/mol. The number of hydrogen-bond donors (Lipinski definition) is 1. The highest BCUT2D eigenvalue weighted by atomic mass is 16.4. The fourth-order valence-corrected chi connectivity index (χ4v) is 3.72. The second-order valence-electron chi connectivity index (χ2n) is 7.53. The first-order chi connectivity index (χ1) is 14.7. The number of rotatable bonds is 8. The average Bonchev–Trinajstić information content (AvgIpc) is 3.27. The van der Waals surface area contributed by atoms with Crippen LogP contribution in [0.4, 0.5) is 0 Å². The number of imidazole rings is 1. The van der Waals surface area contributed by atoms with Crippen LogP contribution in [0.15, 0.2) is 67.1 Å². The van der Waals surface area contributed by atoms with E-state index in [9.17, 15) is 9.90 Å². The molecule has 5 nitrogen and oxygen atoms in total. The van der Waals surface area contributed by atoms with Crippen molar-refractivity contribution in [2.45, 2.75) is 39.0 Å². The normalized spacial score (nSPS) is 11.1. The second kappa shape index (κ2) is 8.91. The van der Waals surface area contributed by atoms with Crippen molar-refractivity contribution in [2.24, 2.45) is 0 Å². The first-order valence-corrected chi connectivity index (χ1v) is 10.4. The first-order valence-electron chi connectivity index (χ1n) is 10.4. The maximum atomic E-state index is 11.2. The van der Waals surface area contributed by atoms with Crippen LogP contribution in [0.1, 0.15) is 48.7 Å². The summed E-state index contributed by atoms with van der Waals surface area (Å²) in [6, 6.07) is 18.7. The third-order valence-corrected chi connectivity index (χ3v) is 5.33. The molecule has 0 aliphatic rings. The molecule has 0 fully saturated rings. The van der Waals surface area contributed by atoms with Crippen LogP contribution in [0.5, 0.6) is 0 Å². The van der Waals surface area contributed by atoms with Gasteiger partial charge in [0.2, 0.25) is 0 Å². The number of carbonyl (C=O) groups is 1. The second-order valence-corrected chi connectivity index (χ2v) is 7.53. The lowest BCUT2D eigenvalue weighted by molar-refractivity contribution is 0.0691. The summed E-state index contributed by atoms with van der Waals surface area (Å²) in [6.45, 7) is 2.23. The molecule has 0 spiro atoms. The molecular formula is C25H25N3O2. The summed E-state index contributed by atoms with van der Waals surface area (Å²) in [7, 11) is 0. The van der Waals surface area contributed by atoms with Gasteiger partial charge in [0.25, 0.3) is 0 Å². The molecule has 30 heavy (non-hydrogen) atoms. The van der Waals surface area contributed by atoms with E-state index < -0.39 is 5.97 Å². The van der Waals surface area contributed by atoms with Gasteiger partial charge in [-0.05, 0) is 47.7 Å². The monoisotopic (exact) mass is 399 g/mol. The van der Waals surface area contributed by atoms with E-state index in [1.807, 2.05) is 24.3 Å². The van der Waals surface area contributed by atoms with Gasteiger partial charge in [-0.2, -0.15) is 0 Å². The van der Waals surface area contributed by atoms with E-state index in [1.165, 1.54) is 43.8 Å². The third kappa shape index (κ3) is 4.25. The van der Waals surface area contributed by atoms with Crippen molar-refractivity contribution in [2.75, 3.05) is 0 Å². The van der Waals surface area contributed by atoms with Crippen LogP contribution in [-0.2, 0) is 6.42 Å². The Morgan fingerprint density at radius 3 is 2.60 bits per heavy atom. The van der Waals surface area contributed by atoms with Crippen LogP contribution in [0.25, 0.3) is 27.8 Å². The number of benzene rings is 2. The van der Waals surface area contributed by atoms with E-state index in [0.717, 1.165) is 28.5 Å². The SMILES string of the molecule is CCCCCCc1ccc2nc(-n3cnc(C(=O)O)c3)cc(-c3ccccc3)c2c1. The number of aromatic carboxylic acids is 1. The molecule has 0 aliphatic heterocycles. The number of carboxylic acid groups (broad SMARTS) is 1. The smallest absolute Gasteiger partial charge is 0.356 e. The predicted octanol–water partition coefficient (Wildman–Crippen LogP) is 5.91. The van der Waals surface area contributed by atoms with Crippen LogP contribution < -0.4 is 0 Å². The molecule has 5 heteroatoms. The lowest BCUT2D eigenvalue weighted by atomic mass is 9.97. The van der Waals surface area contributed by atoms with Crippen LogP contribution >= 0.6 is 0 Å². The van der Waals surface area contributed by atoms with Gasteiger partial charge in [0.15, 0.2) is 5.69 Å². The zero-order valence-electron chi connectivity index (χ0n) is 17.1. The summed E-state index contributed by atoms with van der Waals surface area (Å²) in [6.07, 6.45) is 9.01. The summed E-state index contributed by atoms with van der Waals surface area (Å²) in [5, 5.41) is 10.3. The third-order valence-electron chi connectivity index (χ3n) is 5.33. The van der Waals surface area contributed by atoms with Crippen molar-refractivity contribution in [1.29, 1.82) is 0 Å². The van der Waals surface area contributed by atoms with Gasteiger partial charge >= 0.3 is 5.97 Å². The molecule has 1 N–H and O–H groups in total. The van der Waals surface area contributed by atoms with Gasteiger partial charge < -0.3 is 5.11 Å². The average molecular weight is 399 g/mol. The largest absolute Gasteiger partial charge is 0.476 e. The highest BCUT2D eigenvalue weighted by Gasteiger charge is 2.13. The number of aryl methyl sites for hydroxylation is 1. The number of aromatic nitrogens is 3. The summed E-state index contributed by atoms with van der Waals surface area (Å²) in [4.78, 5) is 20.0. The van der Waals surface area contributed by atoms with E-state index >= 15 is 0 Å². The Morgan fingerprint density at radius 1 is 1.03 bits per heavy atom. The van der Waals surface area contributed by atoms with Crippen LogP contribution in [-0.4, -0.2) is 25.6 Å². The molecule has 0 aliphatic carbocycles. The Labute approximate surface area is 176 Å². The Kier molecular flexibility index (Phi) is 5.89. The Balaban J connectivity index is 1.79. The summed E-state index contributed by atoms with van der Waals surface area (Å²) in [5.41, 5.74) is 4.39. The van der Waals surface area contributed by atoms with Crippen LogP contribution in [0, 0.1) is 0 Å². The van der Waals surface area contributed by atoms with E-state index in [0.29, 0.717) is 5.82 Å². The molecule has 0 bridgehead atoms. The van der Waals surface area contributed by atoms with Gasteiger partial charge in [0, 0.05) is 11.6 Å². The fourth-order valence-electron chi connectivity index (χ4n) is 3.72. The minimum atomic E-state index is -1.05. The molecule has 0 saturated heterocycles. The van der Waals surface area contributed by atoms with Gasteiger partial charge in [-0.1, -0.05) is 62.6 Å². The fraction of sp³-hybridized carbons (Fsp3) is 0.240. The number of pyridine rings is 1.